The van der Waals surface area contributed by atoms with E-state index in [0.717, 1.165) is 17.1 Å². The molecule has 0 aliphatic rings. The number of halogens is 1. The molecular formula is C15H13ClN4. The molecule has 0 spiro atoms. The Morgan fingerprint density at radius 3 is 2.50 bits per heavy atom. The summed E-state index contributed by atoms with van der Waals surface area (Å²) in [7, 11) is 0. The number of hydrogen-bond donors (Lipinski definition) is 1. The molecule has 1 aromatic heterocycles. The second-order valence-corrected chi connectivity index (χ2v) is 4.89. The molecule has 3 aromatic rings. The van der Waals surface area contributed by atoms with Crippen LogP contribution in [0.15, 0.2) is 48.5 Å². The van der Waals surface area contributed by atoms with Crippen LogP contribution < -0.4 is 5.73 Å². The van der Waals surface area contributed by atoms with E-state index >= 15 is 0 Å². The van der Waals surface area contributed by atoms with Crippen LogP contribution in [0, 0.1) is 6.92 Å². The number of aromatic nitrogens is 3. The highest BCUT2D eigenvalue weighted by Crippen LogP contribution is 2.30. The van der Waals surface area contributed by atoms with Gasteiger partial charge in [0.15, 0.2) is 5.82 Å². The van der Waals surface area contributed by atoms with Crippen molar-refractivity contribution in [1.82, 2.24) is 14.8 Å². The van der Waals surface area contributed by atoms with Crippen LogP contribution in [0.3, 0.4) is 0 Å². The van der Waals surface area contributed by atoms with Gasteiger partial charge in [0.05, 0.1) is 5.02 Å². The summed E-state index contributed by atoms with van der Waals surface area (Å²) in [4.78, 5) is 0. The summed E-state index contributed by atoms with van der Waals surface area (Å²) < 4.78 is 1.97. The molecule has 0 aliphatic carbocycles. The molecule has 2 N–H and O–H groups in total. The Hall–Kier alpha value is -2.33. The first kappa shape index (κ1) is 12.7. The lowest BCUT2D eigenvalue weighted by molar-refractivity contribution is 0.972. The number of nitrogen functional groups attached to an aromatic ring is 1. The fraction of sp³-hybridized carbons (Fsp3) is 0.0667. The van der Waals surface area contributed by atoms with Crippen molar-refractivity contribution in [1.29, 1.82) is 0 Å². The van der Waals surface area contributed by atoms with E-state index in [1.807, 2.05) is 47.9 Å². The van der Waals surface area contributed by atoms with Gasteiger partial charge in [-0.15, -0.1) is 10.2 Å². The minimum absolute atomic E-state index is 0.564. The topological polar surface area (TPSA) is 56.7 Å². The van der Waals surface area contributed by atoms with Gasteiger partial charge in [-0.05, 0) is 37.3 Å². The van der Waals surface area contributed by atoms with Crippen LogP contribution in [-0.2, 0) is 0 Å². The van der Waals surface area contributed by atoms with Gasteiger partial charge in [-0.25, -0.2) is 0 Å². The van der Waals surface area contributed by atoms with E-state index < -0.39 is 0 Å². The molecule has 5 heteroatoms. The van der Waals surface area contributed by atoms with Crippen LogP contribution in [0.4, 0.5) is 5.69 Å². The van der Waals surface area contributed by atoms with Crippen molar-refractivity contribution in [3.63, 3.8) is 0 Å². The van der Waals surface area contributed by atoms with E-state index in [0.29, 0.717) is 16.5 Å². The number of nitrogens with two attached hydrogens (primary N) is 1. The molecule has 0 atom stereocenters. The van der Waals surface area contributed by atoms with Crippen molar-refractivity contribution in [2.45, 2.75) is 6.92 Å². The fourth-order valence-corrected chi connectivity index (χ4v) is 2.41. The van der Waals surface area contributed by atoms with Crippen molar-refractivity contribution in [2.75, 3.05) is 5.73 Å². The molecule has 1 heterocycles. The van der Waals surface area contributed by atoms with Crippen LogP contribution in [0.5, 0.6) is 0 Å². The Kier molecular flexibility index (Phi) is 3.16. The number of anilines is 1. The maximum absolute atomic E-state index is 6.27. The van der Waals surface area contributed by atoms with Crippen LogP contribution in [-0.4, -0.2) is 14.8 Å². The summed E-state index contributed by atoms with van der Waals surface area (Å²) >= 11 is 6.27. The normalized spacial score (nSPS) is 10.7. The third-order valence-electron chi connectivity index (χ3n) is 3.07. The van der Waals surface area contributed by atoms with Crippen LogP contribution in [0.25, 0.3) is 17.1 Å². The van der Waals surface area contributed by atoms with Gasteiger partial charge >= 0.3 is 0 Å². The lowest BCUT2D eigenvalue weighted by Crippen LogP contribution is -2.00. The molecular weight excluding hydrogens is 272 g/mol. The molecule has 0 radical (unpaired) electrons. The standard InChI is InChI=1S/C15H13ClN4/c1-10-18-19-15(13-8-7-11(17)9-14(13)16)20(10)12-5-3-2-4-6-12/h2-9H,17H2,1H3. The predicted octanol–water partition coefficient (Wildman–Crippen LogP) is 3.48. The van der Waals surface area contributed by atoms with Crippen LogP contribution in [0.1, 0.15) is 5.82 Å². The Morgan fingerprint density at radius 1 is 1.05 bits per heavy atom. The van der Waals surface area contributed by atoms with E-state index in [1.165, 1.54) is 0 Å². The van der Waals surface area contributed by atoms with Gasteiger partial charge in [0.1, 0.15) is 5.82 Å². The number of benzene rings is 2. The van der Waals surface area contributed by atoms with Gasteiger partial charge < -0.3 is 5.73 Å². The zero-order valence-electron chi connectivity index (χ0n) is 10.9. The Bertz CT molecular complexity index is 750. The molecule has 0 unspecified atom stereocenters. The monoisotopic (exact) mass is 284 g/mol. The largest absolute Gasteiger partial charge is 0.399 e. The van der Waals surface area contributed by atoms with Crippen molar-refractivity contribution in [3.05, 3.63) is 59.4 Å². The summed E-state index contributed by atoms with van der Waals surface area (Å²) in [5.74, 6) is 1.51. The molecule has 0 aliphatic heterocycles. The smallest absolute Gasteiger partial charge is 0.170 e. The Morgan fingerprint density at radius 2 is 1.80 bits per heavy atom. The molecule has 4 nitrogen and oxygen atoms in total. The molecule has 100 valence electrons. The molecule has 0 saturated heterocycles. The van der Waals surface area contributed by atoms with Crippen molar-refractivity contribution in [2.24, 2.45) is 0 Å². The second-order valence-electron chi connectivity index (χ2n) is 4.48. The van der Waals surface area contributed by atoms with Gasteiger partial charge in [0, 0.05) is 16.9 Å². The SMILES string of the molecule is Cc1nnc(-c2ccc(N)cc2Cl)n1-c1ccccc1. The number of hydrogen-bond acceptors (Lipinski definition) is 3. The van der Waals surface area contributed by atoms with E-state index in [9.17, 15) is 0 Å². The number of rotatable bonds is 2. The molecule has 2 aromatic carbocycles. The number of para-hydroxylation sites is 1. The van der Waals surface area contributed by atoms with Crippen LogP contribution >= 0.6 is 11.6 Å². The first-order chi connectivity index (χ1) is 9.66. The number of nitrogens with zero attached hydrogens (tertiary/aromatic N) is 3. The van der Waals surface area contributed by atoms with Gasteiger partial charge in [0.25, 0.3) is 0 Å². The molecule has 20 heavy (non-hydrogen) atoms. The minimum Gasteiger partial charge on any atom is -0.399 e. The Labute approximate surface area is 121 Å². The number of aryl methyl sites for hydroxylation is 1. The summed E-state index contributed by atoms with van der Waals surface area (Å²) in [6.45, 7) is 1.91. The zero-order chi connectivity index (χ0) is 14.1. The second kappa shape index (κ2) is 4.98. The van der Waals surface area contributed by atoms with E-state index in [4.69, 9.17) is 17.3 Å². The molecule has 0 fully saturated rings. The molecule has 0 bridgehead atoms. The summed E-state index contributed by atoms with van der Waals surface area (Å²) in [5, 5.41) is 8.96. The highest BCUT2D eigenvalue weighted by atomic mass is 35.5. The fourth-order valence-electron chi connectivity index (χ4n) is 2.14. The van der Waals surface area contributed by atoms with Gasteiger partial charge in [-0.2, -0.15) is 0 Å². The van der Waals surface area contributed by atoms with E-state index in [2.05, 4.69) is 10.2 Å². The van der Waals surface area contributed by atoms with Crippen molar-refractivity contribution >= 4 is 17.3 Å². The summed E-state index contributed by atoms with van der Waals surface area (Å²) in [6.07, 6.45) is 0. The third kappa shape index (κ3) is 2.14. The first-order valence-corrected chi connectivity index (χ1v) is 6.57. The van der Waals surface area contributed by atoms with Gasteiger partial charge in [-0.1, -0.05) is 29.8 Å². The summed E-state index contributed by atoms with van der Waals surface area (Å²) in [5.41, 5.74) is 8.17. The highest BCUT2D eigenvalue weighted by molar-refractivity contribution is 6.33. The quantitative estimate of drug-likeness (QED) is 0.733. The van der Waals surface area contributed by atoms with Crippen molar-refractivity contribution < 1.29 is 0 Å². The minimum atomic E-state index is 0.564. The average molecular weight is 285 g/mol. The molecule has 3 rings (SSSR count). The molecule has 0 amide bonds. The lowest BCUT2D eigenvalue weighted by atomic mass is 10.2. The Balaban J connectivity index is 2.21. The predicted molar refractivity (Wildman–Crippen MR) is 81.0 cm³/mol. The van der Waals surface area contributed by atoms with E-state index in [-0.39, 0.29) is 0 Å². The maximum Gasteiger partial charge on any atom is 0.170 e. The van der Waals surface area contributed by atoms with Crippen molar-refractivity contribution in [3.8, 4) is 17.1 Å². The maximum atomic E-state index is 6.27. The highest BCUT2D eigenvalue weighted by Gasteiger charge is 2.15. The third-order valence-corrected chi connectivity index (χ3v) is 3.39. The zero-order valence-corrected chi connectivity index (χ0v) is 11.7. The first-order valence-electron chi connectivity index (χ1n) is 6.19. The van der Waals surface area contributed by atoms with E-state index in [1.54, 1.807) is 12.1 Å². The average Bonchev–Trinajstić information content (AvgIpc) is 2.81. The lowest BCUT2D eigenvalue weighted by Gasteiger charge is -2.10. The van der Waals surface area contributed by atoms with Gasteiger partial charge in [0.2, 0.25) is 0 Å². The summed E-state index contributed by atoms with van der Waals surface area (Å²) in [6, 6.07) is 15.3. The van der Waals surface area contributed by atoms with Gasteiger partial charge in [-0.3, -0.25) is 4.57 Å². The molecule has 0 saturated carbocycles. The van der Waals surface area contributed by atoms with Crippen LogP contribution in [0.2, 0.25) is 5.02 Å².